The maximum Gasteiger partial charge on any atom is 0.407 e. The van der Waals surface area contributed by atoms with Crippen LogP contribution in [0, 0.1) is 11.3 Å². The van der Waals surface area contributed by atoms with Gasteiger partial charge in [-0.3, -0.25) is 4.79 Å². The first-order valence-electron chi connectivity index (χ1n) is 10.1. The summed E-state index contributed by atoms with van der Waals surface area (Å²) in [7, 11) is 0. The lowest BCUT2D eigenvalue weighted by Gasteiger charge is -2.32. The summed E-state index contributed by atoms with van der Waals surface area (Å²) in [5.41, 5.74) is -0.634. The number of aliphatic hydroxyl groups is 1. The van der Waals surface area contributed by atoms with Crippen LogP contribution < -0.4 is 5.32 Å². The molecule has 2 unspecified atom stereocenters. The molecular formula is C22H31NO5. The van der Waals surface area contributed by atoms with Gasteiger partial charge in [-0.1, -0.05) is 30.3 Å². The summed E-state index contributed by atoms with van der Waals surface area (Å²) in [4.78, 5) is 25.2. The van der Waals surface area contributed by atoms with E-state index in [0.717, 1.165) is 18.4 Å². The highest BCUT2D eigenvalue weighted by atomic mass is 16.6. The van der Waals surface area contributed by atoms with E-state index in [2.05, 4.69) is 5.32 Å². The number of carbonyl (C=O) groups is 2. The van der Waals surface area contributed by atoms with E-state index >= 15 is 0 Å². The van der Waals surface area contributed by atoms with Crippen LogP contribution in [0.1, 0.15) is 58.4 Å². The number of hydrogen-bond donors (Lipinski definition) is 2. The molecule has 0 heterocycles. The normalized spacial score (nSPS) is 25.8. The van der Waals surface area contributed by atoms with Gasteiger partial charge in [-0.15, -0.1) is 0 Å². The molecule has 2 fully saturated rings. The number of esters is 1. The number of rotatable bonds is 6. The van der Waals surface area contributed by atoms with Gasteiger partial charge in [0, 0.05) is 6.04 Å². The van der Waals surface area contributed by atoms with Gasteiger partial charge in [0.05, 0.1) is 11.5 Å². The Morgan fingerprint density at radius 1 is 1.21 bits per heavy atom. The van der Waals surface area contributed by atoms with E-state index in [9.17, 15) is 14.7 Å². The average molecular weight is 389 g/mol. The van der Waals surface area contributed by atoms with Crippen LogP contribution in [-0.2, 0) is 20.9 Å². The quantitative estimate of drug-likeness (QED) is 0.727. The van der Waals surface area contributed by atoms with Gasteiger partial charge in [-0.25, -0.2) is 4.79 Å². The van der Waals surface area contributed by atoms with Crippen molar-refractivity contribution in [3.8, 4) is 0 Å². The first-order valence-corrected chi connectivity index (χ1v) is 10.1. The van der Waals surface area contributed by atoms with E-state index in [1.807, 2.05) is 51.1 Å². The fourth-order valence-corrected chi connectivity index (χ4v) is 3.98. The molecule has 28 heavy (non-hydrogen) atoms. The molecule has 0 aromatic heterocycles. The SMILES string of the molecule is CC(C)(C)OC(=O)N[C@@H]1CCC(C(=O)OCc2ccccc2)(C(O)C2CC2)C1. The molecule has 154 valence electrons. The minimum Gasteiger partial charge on any atom is -0.460 e. The second-order valence-corrected chi connectivity index (χ2v) is 9.09. The predicted octanol–water partition coefficient (Wildman–Crippen LogP) is 3.56. The standard InChI is InChI=1S/C22H31NO5/c1-21(2,3)28-20(26)23-17-11-12-22(13-17,18(24)16-9-10-16)19(25)27-14-15-7-5-4-6-8-15/h4-8,16-18,24H,9-14H2,1-3H3,(H,23,26)/t17-,18?,22?/m1/s1. The summed E-state index contributed by atoms with van der Waals surface area (Å²) in [5, 5.41) is 13.8. The molecule has 0 aliphatic heterocycles. The van der Waals surface area contributed by atoms with Gasteiger partial charge in [0.1, 0.15) is 12.2 Å². The highest BCUT2D eigenvalue weighted by molar-refractivity contribution is 5.79. The molecular weight excluding hydrogens is 358 g/mol. The highest BCUT2D eigenvalue weighted by Crippen LogP contribution is 2.50. The molecule has 2 N–H and O–H groups in total. The van der Waals surface area contributed by atoms with Crippen LogP contribution in [-0.4, -0.2) is 34.9 Å². The topological polar surface area (TPSA) is 84.9 Å². The zero-order valence-electron chi connectivity index (χ0n) is 16.9. The molecule has 3 rings (SSSR count). The third-order valence-corrected chi connectivity index (χ3v) is 5.52. The van der Waals surface area contributed by atoms with Gasteiger partial charge >= 0.3 is 12.1 Å². The molecule has 1 aromatic rings. The number of alkyl carbamates (subject to hydrolysis) is 1. The molecule has 2 aliphatic carbocycles. The molecule has 3 atom stereocenters. The van der Waals surface area contributed by atoms with E-state index < -0.39 is 23.2 Å². The van der Waals surface area contributed by atoms with Crippen molar-refractivity contribution in [2.75, 3.05) is 0 Å². The molecule has 1 aromatic carbocycles. The minimum absolute atomic E-state index is 0.143. The highest BCUT2D eigenvalue weighted by Gasteiger charge is 2.56. The molecule has 6 heteroatoms. The molecule has 1 amide bonds. The molecule has 0 saturated heterocycles. The van der Waals surface area contributed by atoms with Crippen molar-refractivity contribution < 1.29 is 24.2 Å². The minimum atomic E-state index is -0.963. The summed E-state index contributed by atoms with van der Waals surface area (Å²) in [6.45, 7) is 5.61. The van der Waals surface area contributed by atoms with E-state index in [1.165, 1.54) is 0 Å². The number of benzene rings is 1. The lowest BCUT2D eigenvalue weighted by atomic mass is 9.78. The van der Waals surface area contributed by atoms with Crippen molar-refractivity contribution in [2.24, 2.45) is 11.3 Å². The third kappa shape index (κ3) is 5.04. The largest absolute Gasteiger partial charge is 0.460 e. The molecule has 0 bridgehead atoms. The molecule has 2 saturated carbocycles. The molecule has 6 nitrogen and oxygen atoms in total. The van der Waals surface area contributed by atoms with Crippen LogP contribution in [0.5, 0.6) is 0 Å². The smallest absolute Gasteiger partial charge is 0.407 e. The molecule has 0 spiro atoms. The van der Waals surface area contributed by atoms with Crippen molar-refractivity contribution in [3.05, 3.63) is 35.9 Å². The second kappa shape index (κ2) is 8.11. The Morgan fingerprint density at radius 2 is 1.89 bits per heavy atom. The Morgan fingerprint density at radius 3 is 2.50 bits per heavy atom. The lowest BCUT2D eigenvalue weighted by molar-refractivity contribution is -0.166. The van der Waals surface area contributed by atoms with Gasteiger partial charge < -0.3 is 19.9 Å². The molecule has 2 aliphatic rings. The monoisotopic (exact) mass is 389 g/mol. The van der Waals surface area contributed by atoms with Crippen molar-refractivity contribution in [1.29, 1.82) is 0 Å². The van der Waals surface area contributed by atoms with Crippen LogP contribution in [0.4, 0.5) is 4.79 Å². The summed E-state index contributed by atoms with van der Waals surface area (Å²) in [5.74, 6) is -0.228. The third-order valence-electron chi connectivity index (χ3n) is 5.52. The first kappa shape index (κ1) is 20.6. The number of aliphatic hydroxyl groups excluding tert-OH is 1. The number of hydrogen-bond acceptors (Lipinski definition) is 5. The Hall–Kier alpha value is -2.08. The van der Waals surface area contributed by atoms with Crippen molar-refractivity contribution >= 4 is 12.1 Å². The van der Waals surface area contributed by atoms with Gasteiger partial charge in [-0.05, 0) is 64.4 Å². The van der Waals surface area contributed by atoms with E-state index in [-0.39, 0.29) is 24.5 Å². The van der Waals surface area contributed by atoms with Gasteiger partial charge in [0.15, 0.2) is 0 Å². The Kier molecular flexibility index (Phi) is 5.98. The summed E-state index contributed by atoms with van der Waals surface area (Å²) >= 11 is 0. The maximum atomic E-state index is 13.0. The van der Waals surface area contributed by atoms with E-state index in [4.69, 9.17) is 9.47 Å². The Labute approximate surface area is 166 Å². The number of ether oxygens (including phenoxy) is 2. The lowest BCUT2D eigenvalue weighted by Crippen LogP contribution is -2.45. The van der Waals surface area contributed by atoms with Crippen LogP contribution in [0.25, 0.3) is 0 Å². The van der Waals surface area contributed by atoms with Crippen LogP contribution in [0.2, 0.25) is 0 Å². The van der Waals surface area contributed by atoms with Crippen molar-refractivity contribution in [3.63, 3.8) is 0 Å². The fraction of sp³-hybridized carbons (Fsp3) is 0.636. The second-order valence-electron chi connectivity index (χ2n) is 9.09. The van der Waals surface area contributed by atoms with Crippen LogP contribution in [0.15, 0.2) is 30.3 Å². The van der Waals surface area contributed by atoms with E-state index in [1.54, 1.807) is 0 Å². The van der Waals surface area contributed by atoms with E-state index in [0.29, 0.717) is 19.3 Å². The molecule has 0 radical (unpaired) electrons. The van der Waals surface area contributed by atoms with Crippen molar-refractivity contribution in [2.45, 2.75) is 77.2 Å². The zero-order valence-corrected chi connectivity index (χ0v) is 16.9. The number of carbonyl (C=O) groups excluding carboxylic acids is 2. The van der Waals surface area contributed by atoms with Crippen LogP contribution in [0.3, 0.4) is 0 Å². The van der Waals surface area contributed by atoms with Crippen LogP contribution >= 0.6 is 0 Å². The summed E-state index contributed by atoms with van der Waals surface area (Å²) in [6.07, 6.45) is 2.12. The number of amides is 1. The first-order chi connectivity index (χ1) is 13.2. The summed E-state index contributed by atoms with van der Waals surface area (Å²) < 4.78 is 10.9. The zero-order chi connectivity index (χ0) is 20.4. The van der Waals surface area contributed by atoms with Crippen molar-refractivity contribution in [1.82, 2.24) is 5.32 Å². The van der Waals surface area contributed by atoms with Gasteiger partial charge in [0.2, 0.25) is 0 Å². The Bertz CT molecular complexity index is 695. The Balaban J connectivity index is 1.65. The van der Waals surface area contributed by atoms with Gasteiger partial charge in [0.25, 0.3) is 0 Å². The fourth-order valence-electron chi connectivity index (χ4n) is 3.98. The predicted molar refractivity (Wildman–Crippen MR) is 104 cm³/mol. The summed E-state index contributed by atoms with van der Waals surface area (Å²) in [6, 6.07) is 9.29. The number of nitrogens with one attached hydrogen (secondary N) is 1. The van der Waals surface area contributed by atoms with Gasteiger partial charge in [-0.2, -0.15) is 0 Å². The average Bonchev–Trinajstić information content (AvgIpc) is 3.39. The maximum absolute atomic E-state index is 13.0.